The number of hydrogen-bond donors (Lipinski definition) is 2. The average Bonchev–Trinajstić information content (AvgIpc) is 2.35. The van der Waals surface area contributed by atoms with Gasteiger partial charge >= 0.3 is 0 Å². The van der Waals surface area contributed by atoms with Gasteiger partial charge in [-0.1, -0.05) is 11.6 Å². The van der Waals surface area contributed by atoms with Crippen LogP contribution < -0.4 is 15.2 Å². The summed E-state index contributed by atoms with van der Waals surface area (Å²) in [7, 11) is 1.56. The van der Waals surface area contributed by atoms with Crippen molar-refractivity contribution < 1.29 is 14.6 Å². The van der Waals surface area contributed by atoms with Crippen LogP contribution in [0.2, 0.25) is 5.02 Å². The summed E-state index contributed by atoms with van der Waals surface area (Å²) in [5.74, 6) is 1.22. The second-order valence-corrected chi connectivity index (χ2v) is 4.02. The van der Waals surface area contributed by atoms with E-state index in [9.17, 15) is 0 Å². The Morgan fingerprint density at radius 1 is 1.35 bits per heavy atom. The van der Waals surface area contributed by atoms with Crippen LogP contribution in [-0.2, 0) is 6.54 Å². The third-order valence-electron chi connectivity index (χ3n) is 2.34. The van der Waals surface area contributed by atoms with Crippen molar-refractivity contribution in [3.8, 4) is 11.5 Å². The predicted octanol–water partition coefficient (Wildman–Crippen LogP) is 1.96. The second kappa shape index (κ2) is 7.37. The molecule has 1 aromatic carbocycles. The number of nitrogens with two attached hydrogens (primary N) is 1. The zero-order valence-electron chi connectivity index (χ0n) is 9.91. The van der Waals surface area contributed by atoms with Crippen molar-refractivity contribution in [1.29, 1.82) is 0 Å². The fourth-order valence-electron chi connectivity index (χ4n) is 1.48. The van der Waals surface area contributed by atoms with E-state index in [-0.39, 0.29) is 6.61 Å². The van der Waals surface area contributed by atoms with E-state index in [2.05, 4.69) is 0 Å². The van der Waals surface area contributed by atoms with Crippen LogP contribution in [0.25, 0.3) is 0 Å². The minimum Gasteiger partial charge on any atom is -0.493 e. The quantitative estimate of drug-likeness (QED) is 0.735. The highest BCUT2D eigenvalue weighted by atomic mass is 35.5. The molecule has 17 heavy (non-hydrogen) atoms. The Kier molecular flexibility index (Phi) is 6.11. The number of methoxy groups -OCH3 is 1. The van der Waals surface area contributed by atoms with E-state index in [0.717, 1.165) is 12.0 Å². The smallest absolute Gasteiger partial charge is 0.165 e. The number of hydrogen-bond acceptors (Lipinski definition) is 4. The van der Waals surface area contributed by atoms with Crippen LogP contribution in [0.3, 0.4) is 0 Å². The molecule has 0 heterocycles. The van der Waals surface area contributed by atoms with Crippen molar-refractivity contribution in [1.82, 2.24) is 0 Å². The van der Waals surface area contributed by atoms with Crippen LogP contribution in [0.5, 0.6) is 11.5 Å². The first-order valence-electron chi connectivity index (χ1n) is 5.53. The van der Waals surface area contributed by atoms with Gasteiger partial charge in [-0.2, -0.15) is 0 Å². The summed E-state index contributed by atoms with van der Waals surface area (Å²) in [5, 5.41) is 9.26. The Hall–Kier alpha value is -0.970. The number of unbranched alkanes of at least 4 members (excludes halogenated alkanes) is 1. The van der Waals surface area contributed by atoms with Crippen molar-refractivity contribution >= 4 is 11.6 Å². The Labute approximate surface area is 106 Å². The molecule has 0 unspecified atom stereocenters. The number of rotatable bonds is 7. The standard InChI is InChI=1S/C12H18ClNO3/c1-16-11-7-10(13)6-9(8-14)12(11)17-5-3-2-4-15/h6-7,15H,2-5,8,14H2,1H3. The maximum atomic E-state index is 8.68. The van der Waals surface area contributed by atoms with Gasteiger partial charge in [-0.3, -0.25) is 0 Å². The molecule has 0 saturated heterocycles. The fraction of sp³-hybridized carbons (Fsp3) is 0.500. The van der Waals surface area contributed by atoms with Gasteiger partial charge in [0.15, 0.2) is 11.5 Å². The molecule has 1 aromatic rings. The maximum Gasteiger partial charge on any atom is 0.165 e. The van der Waals surface area contributed by atoms with Gasteiger partial charge in [-0.15, -0.1) is 0 Å². The van der Waals surface area contributed by atoms with Crippen LogP contribution in [0, 0.1) is 0 Å². The minimum absolute atomic E-state index is 0.171. The lowest BCUT2D eigenvalue weighted by Gasteiger charge is -2.14. The van der Waals surface area contributed by atoms with E-state index in [1.54, 1.807) is 19.2 Å². The predicted molar refractivity (Wildman–Crippen MR) is 67.7 cm³/mol. The average molecular weight is 260 g/mol. The first-order valence-corrected chi connectivity index (χ1v) is 5.90. The fourth-order valence-corrected chi connectivity index (χ4v) is 1.71. The van der Waals surface area contributed by atoms with Gasteiger partial charge in [-0.25, -0.2) is 0 Å². The highest BCUT2D eigenvalue weighted by Crippen LogP contribution is 2.34. The molecule has 5 heteroatoms. The number of ether oxygens (including phenoxy) is 2. The van der Waals surface area contributed by atoms with Crippen LogP contribution in [0.15, 0.2) is 12.1 Å². The van der Waals surface area contributed by atoms with Gasteiger partial charge in [0.2, 0.25) is 0 Å². The lowest BCUT2D eigenvalue weighted by Crippen LogP contribution is -2.06. The minimum atomic E-state index is 0.171. The SMILES string of the molecule is COc1cc(Cl)cc(CN)c1OCCCCO. The van der Waals surface area contributed by atoms with Gasteiger partial charge in [0, 0.05) is 29.8 Å². The van der Waals surface area contributed by atoms with Gasteiger partial charge < -0.3 is 20.3 Å². The van der Waals surface area contributed by atoms with Crippen LogP contribution >= 0.6 is 11.6 Å². The molecule has 0 aliphatic rings. The summed E-state index contributed by atoms with van der Waals surface area (Å²) in [6, 6.07) is 3.47. The summed E-state index contributed by atoms with van der Waals surface area (Å²) in [6.45, 7) is 1.03. The molecule has 96 valence electrons. The lowest BCUT2D eigenvalue weighted by atomic mass is 10.2. The lowest BCUT2D eigenvalue weighted by molar-refractivity contribution is 0.246. The van der Waals surface area contributed by atoms with E-state index >= 15 is 0 Å². The molecule has 0 radical (unpaired) electrons. The van der Waals surface area contributed by atoms with Crippen molar-refractivity contribution in [2.24, 2.45) is 5.73 Å². The maximum absolute atomic E-state index is 8.68. The zero-order valence-corrected chi connectivity index (χ0v) is 10.7. The van der Waals surface area contributed by atoms with Crippen molar-refractivity contribution in [2.45, 2.75) is 19.4 Å². The highest BCUT2D eigenvalue weighted by molar-refractivity contribution is 6.30. The Balaban J connectivity index is 2.79. The summed E-state index contributed by atoms with van der Waals surface area (Å²) < 4.78 is 10.8. The van der Waals surface area contributed by atoms with Crippen molar-refractivity contribution in [3.05, 3.63) is 22.7 Å². The Morgan fingerprint density at radius 2 is 2.12 bits per heavy atom. The first kappa shape index (κ1) is 14.1. The Morgan fingerprint density at radius 3 is 2.71 bits per heavy atom. The molecule has 0 atom stereocenters. The van der Waals surface area contributed by atoms with Crippen LogP contribution in [0.4, 0.5) is 0 Å². The third kappa shape index (κ3) is 4.07. The van der Waals surface area contributed by atoms with E-state index in [1.807, 2.05) is 0 Å². The third-order valence-corrected chi connectivity index (χ3v) is 2.55. The largest absolute Gasteiger partial charge is 0.493 e. The molecule has 0 aliphatic carbocycles. The molecule has 0 amide bonds. The normalized spacial score (nSPS) is 10.4. The van der Waals surface area contributed by atoms with Gasteiger partial charge in [0.05, 0.1) is 13.7 Å². The zero-order chi connectivity index (χ0) is 12.7. The van der Waals surface area contributed by atoms with E-state index < -0.39 is 0 Å². The second-order valence-electron chi connectivity index (χ2n) is 3.58. The molecular weight excluding hydrogens is 242 g/mol. The van der Waals surface area contributed by atoms with Crippen LogP contribution in [-0.4, -0.2) is 25.4 Å². The van der Waals surface area contributed by atoms with Crippen LogP contribution in [0.1, 0.15) is 18.4 Å². The number of benzene rings is 1. The Bertz CT molecular complexity index is 333. The molecule has 0 fully saturated rings. The summed E-state index contributed by atoms with van der Waals surface area (Å²) in [6.07, 6.45) is 1.50. The van der Waals surface area contributed by atoms with Crippen molar-refractivity contribution in [3.63, 3.8) is 0 Å². The molecule has 0 saturated carbocycles. The van der Waals surface area contributed by atoms with Gasteiger partial charge in [0.25, 0.3) is 0 Å². The molecule has 4 nitrogen and oxygen atoms in total. The number of aliphatic hydroxyl groups is 1. The number of aliphatic hydroxyl groups excluding tert-OH is 1. The molecule has 0 spiro atoms. The summed E-state index contributed by atoms with van der Waals surface area (Å²) >= 11 is 5.94. The monoisotopic (exact) mass is 259 g/mol. The molecule has 0 bridgehead atoms. The molecule has 1 rings (SSSR count). The summed E-state index contributed by atoms with van der Waals surface area (Å²) in [5.41, 5.74) is 6.46. The molecule has 0 aliphatic heterocycles. The first-order chi connectivity index (χ1) is 8.22. The van der Waals surface area contributed by atoms with E-state index in [4.69, 9.17) is 31.9 Å². The van der Waals surface area contributed by atoms with Gasteiger partial charge in [0.1, 0.15) is 0 Å². The van der Waals surface area contributed by atoms with E-state index in [1.165, 1.54) is 0 Å². The van der Waals surface area contributed by atoms with Crippen molar-refractivity contribution in [2.75, 3.05) is 20.3 Å². The highest BCUT2D eigenvalue weighted by Gasteiger charge is 2.11. The molecule has 0 aromatic heterocycles. The topological polar surface area (TPSA) is 64.7 Å². The summed E-state index contributed by atoms with van der Waals surface area (Å²) in [4.78, 5) is 0. The van der Waals surface area contributed by atoms with Gasteiger partial charge in [-0.05, 0) is 18.9 Å². The molecular formula is C12H18ClNO3. The molecule has 3 N–H and O–H groups in total. The number of halogens is 1. The van der Waals surface area contributed by atoms with E-state index in [0.29, 0.717) is 36.1 Å².